The lowest BCUT2D eigenvalue weighted by atomic mass is 10.2. The lowest BCUT2D eigenvalue weighted by Gasteiger charge is -2.22. The summed E-state index contributed by atoms with van der Waals surface area (Å²) in [5.74, 6) is -1.56. The van der Waals surface area contributed by atoms with E-state index in [2.05, 4.69) is 0 Å². The van der Waals surface area contributed by atoms with Crippen LogP contribution >= 0.6 is 30.8 Å². The van der Waals surface area contributed by atoms with Crippen LogP contribution in [-0.2, 0) is 13.6 Å². The Morgan fingerprint density at radius 2 is 1.86 bits per heavy atom. The molecule has 1 unspecified atom stereocenters. The lowest BCUT2D eigenvalue weighted by Crippen LogP contribution is -2.09. The molecule has 0 spiro atoms. The van der Waals surface area contributed by atoms with E-state index >= 15 is 0 Å². The van der Waals surface area contributed by atoms with Gasteiger partial charge in [-0.15, -0.1) is 23.2 Å². The molecule has 0 saturated carbocycles. The van der Waals surface area contributed by atoms with Crippen LogP contribution in [0.5, 0.6) is 0 Å². The number of nitrogens with zero attached hydrogens (tertiary/aromatic N) is 1. The van der Waals surface area contributed by atoms with Crippen LogP contribution in [0.25, 0.3) is 0 Å². The summed E-state index contributed by atoms with van der Waals surface area (Å²) < 4.78 is 22.6. The lowest BCUT2D eigenvalue weighted by molar-refractivity contribution is -0.385. The first-order chi connectivity index (χ1) is 9.94. The summed E-state index contributed by atoms with van der Waals surface area (Å²) in [5, 5.41) is 20.9. The van der Waals surface area contributed by atoms with Crippen molar-refractivity contribution < 1.29 is 23.6 Å². The number of rotatable bonds is 9. The minimum atomic E-state index is -3.95. The molecule has 1 rings (SSSR count). The number of non-ortho nitro benzene ring substituents is 1. The molecule has 21 heavy (non-hydrogen) atoms. The molecule has 7 nitrogen and oxygen atoms in total. The first kappa shape index (κ1) is 18.4. The second-order valence-corrected chi connectivity index (χ2v) is 6.65. The van der Waals surface area contributed by atoms with Crippen LogP contribution in [0.15, 0.2) is 24.3 Å². The van der Waals surface area contributed by atoms with Crippen molar-refractivity contribution in [3.8, 4) is 0 Å². The van der Waals surface area contributed by atoms with Gasteiger partial charge < -0.3 is 14.2 Å². The van der Waals surface area contributed by atoms with E-state index in [4.69, 9.17) is 32.2 Å². The van der Waals surface area contributed by atoms with Gasteiger partial charge in [-0.05, 0) is 5.56 Å². The van der Waals surface area contributed by atoms with Crippen molar-refractivity contribution in [3.05, 3.63) is 39.9 Å². The van der Waals surface area contributed by atoms with Crippen LogP contribution in [0, 0.1) is 10.1 Å². The molecule has 0 aliphatic rings. The summed E-state index contributed by atoms with van der Waals surface area (Å²) >= 11 is 10.9. The van der Waals surface area contributed by atoms with Gasteiger partial charge in [-0.3, -0.25) is 14.7 Å². The Hall–Kier alpha value is -0.690. The molecule has 0 aromatic heterocycles. The zero-order chi connectivity index (χ0) is 15.9. The number of aliphatic hydroxyl groups excluding tert-OH is 1. The Labute approximate surface area is 131 Å². The largest absolute Gasteiger partial charge is 0.376 e. The highest BCUT2D eigenvalue weighted by atomic mass is 35.5. The molecule has 0 aliphatic carbocycles. The Balaban J connectivity index is 3.03. The average molecular weight is 358 g/mol. The van der Waals surface area contributed by atoms with E-state index in [1.165, 1.54) is 18.2 Å². The molecule has 0 saturated heterocycles. The molecule has 0 amide bonds. The van der Waals surface area contributed by atoms with Gasteiger partial charge in [0.05, 0.1) is 18.1 Å². The van der Waals surface area contributed by atoms with Gasteiger partial charge >= 0.3 is 7.60 Å². The minimum Gasteiger partial charge on any atom is -0.376 e. The van der Waals surface area contributed by atoms with E-state index < -0.39 is 18.4 Å². The van der Waals surface area contributed by atoms with Crippen molar-refractivity contribution in [3.63, 3.8) is 0 Å². The molecule has 118 valence electrons. The summed E-state index contributed by atoms with van der Waals surface area (Å²) in [5.41, 5.74) is -0.190. The number of alkyl halides is 2. The van der Waals surface area contributed by atoms with E-state index in [0.717, 1.165) is 6.07 Å². The summed E-state index contributed by atoms with van der Waals surface area (Å²) in [6.07, 6.45) is 0. The third-order valence-electron chi connectivity index (χ3n) is 2.38. The molecular formula is C11H14Cl2NO6P. The molecular weight excluding hydrogens is 344 g/mol. The van der Waals surface area contributed by atoms with E-state index in [1.807, 2.05) is 0 Å². The molecule has 10 heteroatoms. The Morgan fingerprint density at radius 1 is 1.29 bits per heavy atom. The SMILES string of the molecule is O=[N+]([O-])c1cccc(C(O)P(=O)(OCCCl)OCCCl)c1. The van der Waals surface area contributed by atoms with Gasteiger partial charge in [-0.2, -0.15) is 0 Å². The molecule has 0 aliphatic heterocycles. The Morgan fingerprint density at radius 3 is 2.33 bits per heavy atom. The minimum absolute atomic E-state index is 0.0515. The smallest absolute Gasteiger partial charge is 0.363 e. The van der Waals surface area contributed by atoms with E-state index in [9.17, 15) is 19.8 Å². The summed E-state index contributed by atoms with van der Waals surface area (Å²) in [6, 6.07) is 5.11. The zero-order valence-electron chi connectivity index (χ0n) is 10.9. The fourth-order valence-corrected chi connectivity index (χ4v) is 3.43. The van der Waals surface area contributed by atoms with Gasteiger partial charge in [0.1, 0.15) is 0 Å². The van der Waals surface area contributed by atoms with Crippen molar-refractivity contribution in [2.45, 2.75) is 5.85 Å². The molecule has 1 atom stereocenters. The zero-order valence-corrected chi connectivity index (χ0v) is 13.3. The number of nitro benzene ring substituents is 1. The molecule has 1 aromatic carbocycles. The van der Waals surface area contributed by atoms with Gasteiger partial charge in [0, 0.05) is 23.9 Å². The standard InChI is InChI=1S/C11H14Cl2NO6P/c12-4-6-19-21(18,20-7-5-13)11(15)9-2-1-3-10(8-9)14(16)17/h1-3,8,11,15H,4-7H2. The number of aliphatic hydroxyl groups is 1. The highest BCUT2D eigenvalue weighted by Crippen LogP contribution is 2.59. The van der Waals surface area contributed by atoms with Gasteiger partial charge in [-0.1, -0.05) is 12.1 Å². The third kappa shape index (κ3) is 5.21. The maximum atomic E-state index is 12.5. The Bertz CT molecular complexity index is 517. The van der Waals surface area contributed by atoms with Gasteiger partial charge in [0.2, 0.25) is 0 Å². The van der Waals surface area contributed by atoms with Gasteiger partial charge in [-0.25, -0.2) is 0 Å². The quantitative estimate of drug-likeness (QED) is 0.315. The van der Waals surface area contributed by atoms with Crippen molar-refractivity contribution in [2.75, 3.05) is 25.0 Å². The maximum Gasteiger partial charge on any atom is 0.363 e. The fourth-order valence-electron chi connectivity index (χ4n) is 1.48. The molecule has 0 bridgehead atoms. The number of hydrogen-bond acceptors (Lipinski definition) is 6. The Kier molecular flexibility index (Phi) is 7.59. The van der Waals surface area contributed by atoms with Crippen LogP contribution in [0.3, 0.4) is 0 Å². The third-order valence-corrected chi connectivity index (χ3v) is 4.67. The van der Waals surface area contributed by atoms with Crippen LogP contribution < -0.4 is 0 Å². The van der Waals surface area contributed by atoms with Crippen molar-refractivity contribution in [2.24, 2.45) is 0 Å². The topological polar surface area (TPSA) is 98.9 Å². The van der Waals surface area contributed by atoms with Crippen LogP contribution in [0.4, 0.5) is 5.69 Å². The molecule has 0 fully saturated rings. The maximum absolute atomic E-state index is 12.5. The van der Waals surface area contributed by atoms with Crippen molar-refractivity contribution >= 4 is 36.5 Å². The number of hydrogen-bond donors (Lipinski definition) is 1. The normalized spacial score (nSPS) is 13.1. The second kappa shape index (κ2) is 8.68. The van der Waals surface area contributed by atoms with Crippen LogP contribution in [-0.4, -0.2) is 35.0 Å². The highest BCUT2D eigenvalue weighted by Gasteiger charge is 2.36. The average Bonchev–Trinajstić information content (AvgIpc) is 2.50. The predicted octanol–water partition coefficient (Wildman–Crippen LogP) is 3.29. The molecule has 0 radical (unpaired) electrons. The molecule has 1 aromatic rings. The fraction of sp³-hybridized carbons (Fsp3) is 0.455. The van der Waals surface area contributed by atoms with Gasteiger partial charge in [0.15, 0.2) is 5.85 Å². The molecule has 0 heterocycles. The number of halogens is 2. The van der Waals surface area contributed by atoms with Crippen molar-refractivity contribution in [1.82, 2.24) is 0 Å². The monoisotopic (exact) mass is 357 g/mol. The van der Waals surface area contributed by atoms with E-state index in [0.29, 0.717) is 0 Å². The van der Waals surface area contributed by atoms with Crippen molar-refractivity contribution in [1.29, 1.82) is 0 Å². The van der Waals surface area contributed by atoms with Gasteiger partial charge in [0.25, 0.3) is 5.69 Å². The summed E-state index contributed by atoms with van der Waals surface area (Å²) in [6.45, 7) is -0.208. The first-order valence-corrected chi connectivity index (χ1v) is 8.56. The second-order valence-electron chi connectivity index (χ2n) is 3.81. The van der Waals surface area contributed by atoms with E-state index in [-0.39, 0.29) is 36.2 Å². The van der Waals surface area contributed by atoms with Crippen LogP contribution in [0.1, 0.15) is 11.4 Å². The van der Waals surface area contributed by atoms with E-state index in [1.54, 1.807) is 0 Å². The molecule has 1 N–H and O–H groups in total. The predicted molar refractivity (Wildman–Crippen MR) is 79.0 cm³/mol. The number of nitro groups is 1. The summed E-state index contributed by atoms with van der Waals surface area (Å²) in [7, 11) is -3.95. The highest BCUT2D eigenvalue weighted by molar-refractivity contribution is 7.54. The number of benzene rings is 1. The van der Waals surface area contributed by atoms with Crippen LogP contribution in [0.2, 0.25) is 0 Å². The first-order valence-electron chi connectivity index (χ1n) is 5.87. The summed E-state index contributed by atoms with van der Waals surface area (Å²) in [4.78, 5) is 10.1.